The topological polar surface area (TPSA) is 71.5 Å². The lowest BCUT2D eigenvalue weighted by Crippen LogP contribution is -2.32. The van der Waals surface area contributed by atoms with Crippen molar-refractivity contribution < 1.29 is 18.0 Å². The molecule has 0 aliphatic carbocycles. The number of hydrogen-bond acceptors (Lipinski definition) is 4. The normalized spacial score (nSPS) is 20.6. The first-order valence-electron chi connectivity index (χ1n) is 5.52. The monoisotopic (exact) mass is 301 g/mol. The minimum Gasteiger partial charge on any atom is -0.276 e. The fraction of sp³-hybridized carbons (Fsp3) is 0.333. The molecule has 1 aliphatic heterocycles. The van der Waals surface area contributed by atoms with E-state index in [0.29, 0.717) is 0 Å². The predicted molar refractivity (Wildman–Crippen MR) is 71.7 cm³/mol. The summed E-state index contributed by atoms with van der Waals surface area (Å²) in [6.07, 6.45) is 0. The lowest BCUT2D eigenvalue weighted by molar-refractivity contribution is -0.123. The molecule has 7 heteroatoms. The van der Waals surface area contributed by atoms with Gasteiger partial charge in [-0.15, -0.1) is 0 Å². The van der Waals surface area contributed by atoms with Crippen LogP contribution in [-0.2, 0) is 14.8 Å². The van der Waals surface area contributed by atoms with Crippen molar-refractivity contribution >= 4 is 38.5 Å². The third kappa shape index (κ3) is 2.37. The standard InChI is InChI=1S/C12H12ClNO4S/c1-12(2)7-19(17,18)14(11(12)16)9-5-3-4-8(6-9)10(13)15/h3-6H,7H2,1-2H3. The number of hydrogen-bond donors (Lipinski definition) is 0. The second-order valence-electron chi connectivity index (χ2n) is 5.03. The van der Waals surface area contributed by atoms with Crippen LogP contribution in [0, 0.1) is 5.41 Å². The van der Waals surface area contributed by atoms with Gasteiger partial charge < -0.3 is 0 Å². The molecular formula is C12H12ClNO4S. The molecule has 0 unspecified atom stereocenters. The van der Waals surface area contributed by atoms with Crippen molar-refractivity contribution in [1.29, 1.82) is 0 Å². The first-order chi connectivity index (χ1) is 8.65. The summed E-state index contributed by atoms with van der Waals surface area (Å²) in [4.78, 5) is 23.2. The fourth-order valence-electron chi connectivity index (χ4n) is 2.02. The number of halogens is 1. The van der Waals surface area contributed by atoms with E-state index in [4.69, 9.17) is 11.6 Å². The highest BCUT2D eigenvalue weighted by Crippen LogP contribution is 2.35. The van der Waals surface area contributed by atoms with Crippen LogP contribution >= 0.6 is 11.6 Å². The highest BCUT2D eigenvalue weighted by molar-refractivity contribution is 7.94. The summed E-state index contributed by atoms with van der Waals surface area (Å²) in [7, 11) is -3.71. The number of sulfonamides is 1. The molecule has 0 aromatic heterocycles. The van der Waals surface area contributed by atoms with Gasteiger partial charge in [0.2, 0.25) is 15.9 Å². The lowest BCUT2D eigenvalue weighted by Gasteiger charge is -2.17. The van der Waals surface area contributed by atoms with Gasteiger partial charge in [0.15, 0.2) is 0 Å². The molecule has 1 aromatic carbocycles. The number of amides is 1. The molecule has 1 aliphatic rings. The van der Waals surface area contributed by atoms with E-state index < -0.39 is 26.6 Å². The largest absolute Gasteiger partial charge is 0.276 e. The zero-order chi connectivity index (χ0) is 14.4. The molecule has 1 aromatic rings. The fourth-order valence-corrected chi connectivity index (χ4v) is 4.23. The van der Waals surface area contributed by atoms with Gasteiger partial charge >= 0.3 is 0 Å². The van der Waals surface area contributed by atoms with Crippen LogP contribution in [0.4, 0.5) is 5.69 Å². The van der Waals surface area contributed by atoms with Crippen molar-refractivity contribution in [3.05, 3.63) is 29.8 Å². The number of nitrogens with zero attached hydrogens (tertiary/aromatic N) is 1. The van der Waals surface area contributed by atoms with Gasteiger partial charge in [-0.05, 0) is 43.6 Å². The van der Waals surface area contributed by atoms with Crippen molar-refractivity contribution in [3.8, 4) is 0 Å². The van der Waals surface area contributed by atoms with E-state index in [2.05, 4.69) is 0 Å². The van der Waals surface area contributed by atoms with Crippen LogP contribution in [0.5, 0.6) is 0 Å². The van der Waals surface area contributed by atoms with Gasteiger partial charge in [-0.1, -0.05) is 6.07 Å². The first-order valence-corrected chi connectivity index (χ1v) is 7.51. The number of benzene rings is 1. The average molecular weight is 302 g/mol. The molecule has 1 saturated heterocycles. The van der Waals surface area contributed by atoms with E-state index in [-0.39, 0.29) is 17.0 Å². The molecule has 0 bridgehead atoms. The Balaban J connectivity index is 2.56. The molecule has 0 spiro atoms. The Hall–Kier alpha value is -1.40. The van der Waals surface area contributed by atoms with Gasteiger partial charge in [-0.3, -0.25) is 9.59 Å². The quantitative estimate of drug-likeness (QED) is 0.781. The van der Waals surface area contributed by atoms with Gasteiger partial charge in [0.1, 0.15) is 0 Å². The van der Waals surface area contributed by atoms with Gasteiger partial charge in [-0.2, -0.15) is 0 Å². The van der Waals surface area contributed by atoms with Crippen molar-refractivity contribution in [3.63, 3.8) is 0 Å². The molecule has 1 amide bonds. The van der Waals surface area contributed by atoms with Crippen molar-refractivity contribution in [2.24, 2.45) is 5.41 Å². The molecule has 0 atom stereocenters. The summed E-state index contributed by atoms with van der Waals surface area (Å²) >= 11 is 5.35. The molecule has 2 rings (SSSR count). The van der Waals surface area contributed by atoms with Gasteiger partial charge in [0, 0.05) is 5.56 Å². The Kier molecular flexibility index (Phi) is 3.18. The summed E-state index contributed by atoms with van der Waals surface area (Å²) in [5.74, 6) is -0.760. The van der Waals surface area contributed by atoms with Crippen molar-refractivity contribution in [2.75, 3.05) is 10.1 Å². The second kappa shape index (κ2) is 4.31. The van der Waals surface area contributed by atoms with Gasteiger partial charge in [0.05, 0.1) is 16.9 Å². The zero-order valence-electron chi connectivity index (χ0n) is 10.4. The summed E-state index contributed by atoms with van der Waals surface area (Å²) in [6, 6.07) is 5.70. The van der Waals surface area contributed by atoms with E-state index in [1.54, 1.807) is 13.8 Å². The predicted octanol–water partition coefficient (Wildman–Crippen LogP) is 1.77. The number of carbonyl (C=O) groups is 2. The van der Waals surface area contributed by atoms with Crippen LogP contribution in [-0.4, -0.2) is 25.3 Å². The molecule has 0 saturated carbocycles. The van der Waals surface area contributed by atoms with Crippen LogP contribution in [0.2, 0.25) is 0 Å². The van der Waals surface area contributed by atoms with Crippen molar-refractivity contribution in [2.45, 2.75) is 13.8 Å². The Morgan fingerprint density at radius 2 is 2.00 bits per heavy atom. The van der Waals surface area contributed by atoms with E-state index in [1.165, 1.54) is 24.3 Å². The minimum atomic E-state index is -3.71. The Morgan fingerprint density at radius 3 is 2.47 bits per heavy atom. The Bertz CT molecular complexity index is 666. The number of rotatable bonds is 2. The SMILES string of the molecule is CC1(C)CS(=O)(=O)N(c2cccc(C(=O)Cl)c2)C1=O. The van der Waals surface area contributed by atoms with Crippen LogP contribution in [0.3, 0.4) is 0 Å². The molecule has 19 heavy (non-hydrogen) atoms. The van der Waals surface area contributed by atoms with Gasteiger partial charge in [-0.25, -0.2) is 12.7 Å². The third-order valence-corrected chi connectivity index (χ3v) is 5.13. The summed E-state index contributed by atoms with van der Waals surface area (Å²) in [5.41, 5.74) is -0.686. The molecule has 102 valence electrons. The Morgan fingerprint density at radius 1 is 1.37 bits per heavy atom. The maximum absolute atomic E-state index is 12.2. The molecule has 1 fully saturated rings. The molecule has 0 N–H and O–H groups in total. The summed E-state index contributed by atoms with van der Waals surface area (Å²) < 4.78 is 24.9. The molecule has 5 nitrogen and oxygen atoms in total. The van der Waals surface area contributed by atoms with Crippen molar-refractivity contribution in [1.82, 2.24) is 0 Å². The minimum absolute atomic E-state index is 0.141. The van der Waals surface area contributed by atoms with E-state index >= 15 is 0 Å². The maximum Gasteiger partial charge on any atom is 0.252 e. The van der Waals surface area contributed by atoms with E-state index in [0.717, 1.165) is 4.31 Å². The van der Waals surface area contributed by atoms with Crippen LogP contribution in [0.25, 0.3) is 0 Å². The maximum atomic E-state index is 12.2. The molecule has 0 radical (unpaired) electrons. The smallest absolute Gasteiger partial charge is 0.252 e. The second-order valence-corrected chi connectivity index (χ2v) is 7.19. The van der Waals surface area contributed by atoms with Crippen LogP contribution in [0.1, 0.15) is 24.2 Å². The third-order valence-electron chi connectivity index (χ3n) is 2.89. The Labute approximate surface area is 116 Å². The van der Waals surface area contributed by atoms with Crippen LogP contribution in [0.15, 0.2) is 24.3 Å². The van der Waals surface area contributed by atoms with E-state index in [1.807, 2.05) is 0 Å². The zero-order valence-corrected chi connectivity index (χ0v) is 12.0. The number of anilines is 1. The first kappa shape index (κ1) is 14.0. The van der Waals surface area contributed by atoms with Crippen LogP contribution < -0.4 is 4.31 Å². The van der Waals surface area contributed by atoms with E-state index in [9.17, 15) is 18.0 Å². The number of carbonyl (C=O) groups excluding carboxylic acids is 2. The highest BCUT2D eigenvalue weighted by atomic mass is 35.5. The lowest BCUT2D eigenvalue weighted by atomic mass is 9.95. The summed E-state index contributed by atoms with van der Waals surface area (Å²) in [6.45, 7) is 3.15. The van der Waals surface area contributed by atoms with Gasteiger partial charge in [0.25, 0.3) is 5.24 Å². The average Bonchev–Trinajstić information content (AvgIpc) is 2.43. The highest BCUT2D eigenvalue weighted by Gasteiger charge is 2.49. The summed E-state index contributed by atoms with van der Waals surface area (Å²) in [5, 5.41) is -0.704. The molecular weight excluding hydrogens is 290 g/mol. The molecule has 1 heterocycles.